The third-order valence-electron chi connectivity index (χ3n) is 7.96. The highest BCUT2D eigenvalue weighted by atomic mass is 35.5. The Hall–Kier alpha value is -5.50. The van der Waals surface area contributed by atoms with Crippen LogP contribution >= 0.6 is 23.2 Å². The average molecular weight is 683 g/mol. The summed E-state index contributed by atoms with van der Waals surface area (Å²) < 4.78 is 16.6. The summed E-state index contributed by atoms with van der Waals surface area (Å²) in [5.41, 5.74) is 3.61. The van der Waals surface area contributed by atoms with Crippen LogP contribution in [0.25, 0.3) is 10.9 Å². The molecule has 1 aromatic heterocycles. The lowest BCUT2D eigenvalue weighted by molar-refractivity contribution is 0.0615. The molecule has 1 aliphatic rings. The van der Waals surface area contributed by atoms with E-state index in [1.54, 1.807) is 60.7 Å². The minimum absolute atomic E-state index is 0.0489. The second-order valence-corrected chi connectivity index (χ2v) is 11.8. The fraction of sp³-hybridized carbons (Fsp3) is 0.139. The summed E-state index contributed by atoms with van der Waals surface area (Å²) in [5, 5.41) is 0.314. The maximum absolute atomic E-state index is 15.4. The zero-order valence-electron chi connectivity index (χ0n) is 25.2. The first-order valence-corrected chi connectivity index (χ1v) is 15.6. The number of rotatable bonds is 10. The molecule has 2 heterocycles. The molecular formula is C36H26Cl2FN5O4. The Labute approximate surface area is 284 Å². The standard InChI is InChI=1S/C36H26Cl2FN5O4/c1-2-10-30(32-40-29-21-22(37)17-18-26(29)36(48)44(32)41-23-11-4-3-5-12-23)42(35(47)27-15-8-16-28(38)31(27)39)19-9-20-43-33(45)24-13-6-7-14-25(24)34(43)46/h1,3-8,11-18,21,30,41H,9-10,19-20H2. The van der Waals surface area contributed by atoms with Crippen molar-refractivity contribution in [3.63, 3.8) is 0 Å². The minimum atomic E-state index is -1.10. The predicted molar refractivity (Wildman–Crippen MR) is 182 cm³/mol. The lowest BCUT2D eigenvalue weighted by Crippen LogP contribution is -2.42. The first kappa shape index (κ1) is 32.4. The number of nitrogens with zero attached hydrogens (tertiary/aromatic N) is 4. The summed E-state index contributed by atoms with van der Waals surface area (Å²) in [5.74, 6) is -0.0216. The molecule has 0 aliphatic carbocycles. The molecule has 0 bridgehead atoms. The van der Waals surface area contributed by atoms with Crippen LogP contribution in [-0.4, -0.2) is 50.3 Å². The second-order valence-electron chi connectivity index (χ2n) is 10.9. The van der Waals surface area contributed by atoms with Crippen LogP contribution in [0.15, 0.2) is 95.8 Å². The molecular weight excluding hydrogens is 656 g/mol. The SMILES string of the molecule is C#CCC(c1nc2cc(Cl)ccc2c(=O)n1Nc1ccccc1)N(CCCN1C(=O)c2ccccc2C1=O)C(=O)c1cccc(Cl)c1F. The van der Waals surface area contributed by atoms with Gasteiger partial charge >= 0.3 is 0 Å². The van der Waals surface area contributed by atoms with E-state index < -0.39 is 35.1 Å². The molecule has 0 radical (unpaired) electrons. The van der Waals surface area contributed by atoms with E-state index in [0.717, 1.165) is 4.90 Å². The summed E-state index contributed by atoms with van der Waals surface area (Å²) >= 11 is 12.3. The Morgan fingerprint density at radius 1 is 0.938 bits per heavy atom. The molecule has 1 atom stereocenters. The first-order valence-electron chi connectivity index (χ1n) is 14.9. The van der Waals surface area contributed by atoms with Crippen molar-refractivity contribution in [3.05, 3.63) is 140 Å². The average Bonchev–Trinajstić information content (AvgIpc) is 3.33. The Kier molecular flexibility index (Phi) is 9.26. The van der Waals surface area contributed by atoms with Crippen molar-refractivity contribution in [2.24, 2.45) is 0 Å². The Morgan fingerprint density at radius 2 is 1.62 bits per heavy atom. The number of anilines is 1. The monoisotopic (exact) mass is 681 g/mol. The van der Waals surface area contributed by atoms with Gasteiger partial charge in [0.1, 0.15) is 6.04 Å². The normalized spacial score (nSPS) is 12.9. The maximum Gasteiger partial charge on any atom is 0.280 e. The van der Waals surface area contributed by atoms with Crippen LogP contribution in [0.1, 0.15) is 55.8 Å². The van der Waals surface area contributed by atoms with E-state index >= 15 is 4.39 Å². The molecule has 1 unspecified atom stereocenters. The molecule has 9 nitrogen and oxygen atoms in total. The van der Waals surface area contributed by atoms with Crippen LogP contribution in [0.5, 0.6) is 0 Å². The van der Waals surface area contributed by atoms with Crippen molar-refractivity contribution in [3.8, 4) is 12.3 Å². The number of aromatic nitrogens is 2. The highest BCUT2D eigenvalue weighted by molar-refractivity contribution is 6.31. The fourth-order valence-electron chi connectivity index (χ4n) is 5.67. The van der Waals surface area contributed by atoms with Crippen LogP contribution in [-0.2, 0) is 0 Å². The van der Waals surface area contributed by atoms with Crippen molar-refractivity contribution in [1.82, 2.24) is 19.5 Å². The number of para-hydroxylation sites is 1. The number of terminal acetylenes is 1. The molecule has 240 valence electrons. The number of nitrogens with one attached hydrogen (secondary N) is 1. The maximum atomic E-state index is 15.4. The zero-order valence-corrected chi connectivity index (χ0v) is 26.7. The summed E-state index contributed by atoms with van der Waals surface area (Å²) in [7, 11) is 0. The van der Waals surface area contributed by atoms with Crippen LogP contribution < -0.4 is 11.0 Å². The molecule has 0 fully saturated rings. The van der Waals surface area contributed by atoms with Crippen molar-refractivity contribution in [2.75, 3.05) is 18.5 Å². The molecule has 3 amide bonds. The van der Waals surface area contributed by atoms with Gasteiger partial charge in [0.05, 0.1) is 38.3 Å². The highest BCUT2D eigenvalue weighted by Gasteiger charge is 2.36. The van der Waals surface area contributed by atoms with Gasteiger partial charge in [0.2, 0.25) is 0 Å². The van der Waals surface area contributed by atoms with Gasteiger partial charge in [-0.25, -0.2) is 14.1 Å². The summed E-state index contributed by atoms with van der Waals surface area (Å²) in [6.45, 7) is -0.161. The molecule has 4 aromatic carbocycles. The quantitative estimate of drug-likeness (QED) is 0.131. The topological polar surface area (TPSA) is 105 Å². The zero-order chi connectivity index (χ0) is 33.9. The minimum Gasteiger partial charge on any atom is -0.327 e. The number of benzene rings is 4. The molecule has 6 rings (SSSR count). The molecule has 1 aliphatic heterocycles. The molecule has 1 N–H and O–H groups in total. The van der Waals surface area contributed by atoms with Crippen molar-refractivity contribution in [1.29, 1.82) is 0 Å². The number of halogens is 3. The van der Waals surface area contributed by atoms with Crippen LogP contribution in [0.2, 0.25) is 10.0 Å². The van der Waals surface area contributed by atoms with Gasteiger partial charge in [-0.05, 0) is 61.0 Å². The molecule has 48 heavy (non-hydrogen) atoms. The van der Waals surface area contributed by atoms with Crippen molar-refractivity contribution >= 4 is 57.5 Å². The molecule has 12 heteroatoms. The molecule has 0 spiro atoms. The number of carbonyl (C=O) groups is 3. The van der Waals surface area contributed by atoms with Gasteiger partial charge in [-0.3, -0.25) is 29.5 Å². The van der Waals surface area contributed by atoms with Crippen LogP contribution in [0, 0.1) is 18.2 Å². The van der Waals surface area contributed by atoms with Gasteiger partial charge in [-0.2, -0.15) is 0 Å². The van der Waals surface area contributed by atoms with E-state index in [1.165, 1.54) is 33.8 Å². The van der Waals surface area contributed by atoms with Crippen LogP contribution in [0.3, 0.4) is 0 Å². The first-order chi connectivity index (χ1) is 23.2. The number of hydrogen-bond acceptors (Lipinski definition) is 6. The number of carbonyl (C=O) groups excluding carboxylic acids is 3. The lowest BCUT2D eigenvalue weighted by Gasteiger charge is -2.32. The Bertz CT molecular complexity index is 2150. The molecule has 5 aromatic rings. The van der Waals surface area contributed by atoms with Crippen molar-refractivity contribution in [2.45, 2.75) is 18.9 Å². The van der Waals surface area contributed by atoms with Gasteiger partial charge in [0.15, 0.2) is 11.6 Å². The lowest BCUT2D eigenvalue weighted by atomic mass is 10.1. The van der Waals surface area contributed by atoms with Gasteiger partial charge in [0.25, 0.3) is 23.3 Å². The van der Waals surface area contributed by atoms with Gasteiger partial charge < -0.3 is 4.90 Å². The largest absolute Gasteiger partial charge is 0.327 e. The van der Waals surface area contributed by atoms with E-state index in [4.69, 9.17) is 34.6 Å². The van der Waals surface area contributed by atoms with E-state index in [2.05, 4.69) is 11.3 Å². The van der Waals surface area contributed by atoms with Crippen molar-refractivity contribution < 1.29 is 18.8 Å². The summed E-state index contributed by atoms with van der Waals surface area (Å²) in [6, 6.07) is 22.9. The van der Waals surface area contributed by atoms with Gasteiger partial charge in [-0.1, -0.05) is 59.6 Å². The van der Waals surface area contributed by atoms with E-state index in [0.29, 0.717) is 10.7 Å². The van der Waals surface area contributed by atoms with E-state index in [1.807, 2.05) is 6.07 Å². The number of amides is 3. The third-order valence-corrected chi connectivity index (χ3v) is 8.49. The van der Waals surface area contributed by atoms with E-state index in [-0.39, 0.29) is 64.4 Å². The predicted octanol–water partition coefficient (Wildman–Crippen LogP) is 6.61. The van der Waals surface area contributed by atoms with Crippen LogP contribution in [0.4, 0.5) is 10.1 Å². The highest BCUT2D eigenvalue weighted by Crippen LogP contribution is 2.30. The number of fused-ring (bicyclic) bond motifs is 2. The Balaban J connectivity index is 1.45. The van der Waals surface area contributed by atoms with Gasteiger partial charge in [-0.15, -0.1) is 12.3 Å². The smallest absolute Gasteiger partial charge is 0.280 e. The Morgan fingerprint density at radius 3 is 2.31 bits per heavy atom. The fourth-order valence-corrected chi connectivity index (χ4v) is 6.01. The second kappa shape index (κ2) is 13.7. The molecule has 0 saturated carbocycles. The summed E-state index contributed by atoms with van der Waals surface area (Å²) in [4.78, 5) is 61.5. The van der Waals surface area contributed by atoms with E-state index in [9.17, 15) is 19.2 Å². The number of hydrogen-bond donors (Lipinski definition) is 1. The number of imide groups is 1. The molecule has 0 saturated heterocycles. The van der Waals surface area contributed by atoms with Gasteiger partial charge in [0, 0.05) is 24.5 Å². The summed E-state index contributed by atoms with van der Waals surface area (Å²) in [6.07, 6.45) is 5.80. The third kappa shape index (κ3) is 6.13.